The molecule has 1 aromatic rings. The highest BCUT2D eigenvalue weighted by atomic mass is 16.4. The largest absolute Gasteiger partial charge is 0.481 e. The Kier molecular flexibility index (Phi) is 4.47. The number of carbonyl (C=O) groups is 2. The minimum absolute atomic E-state index is 0.0580. The van der Waals surface area contributed by atoms with Gasteiger partial charge in [0.2, 0.25) is 5.91 Å². The molecule has 1 N–H and O–H groups in total. The van der Waals surface area contributed by atoms with Crippen LogP contribution in [0.1, 0.15) is 56.9 Å². The first-order valence-corrected chi connectivity index (χ1v) is 9.69. The number of nitrogens with zero attached hydrogens (tertiary/aromatic N) is 3. The van der Waals surface area contributed by atoms with Crippen LogP contribution in [0.4, 0.5) is 0 Å². The predicted molar refractivity (Wildman–Crippen MR) is 96.4 cm³/mol. The highest BCUT2D eigenvalue weighted by Gasteiger charge is 2.51. The SMILES string of the molecule is O=C(O)CC1(N2CCC3(CCC(=O)N3Cc3cccnc3)CC2)CCC1. The molecule has 26 heavy (non-hydrogen) atoms. The van der Waals surface area contributed by atoms with E-state index in [0.29, 0.717) is 13.0 Å². The molecule has 4 rings (SSSR count). The number of rotatable bonds is 5. The molecule has 6 heteroatoms. The predicted octanol–water partition coefficient (Wildman–Crippen LogP) is 2.44. The lowest BCUT2D eigenvalue weighted by Gasteiger charge is -2.55. The minimum atomic E-state index is -0.695. The summed E-state index contributed by atoms with van der Waals surface area (Å²) in [5, 5.41) is 9.31. The van der Waals surface area contributed by atoms with E-state index >= 15 is 0 Å². The van der Waals surface area contributed by atoms with Gasteiger partial charge >= 0.3 is 5.97 Å². The maximum Gasteiger partial charge on any atom is 0.305 e. The lowest BCUT2D eigenvalue weighted by molar-refractivity contribution is -0.144. The van der Waals surface area contributed by atoms with Gasteiger partial charge < -0.3 is 10.0 Å². The van der Waals surface area contributed by atoms with E-state index in [2.05, 4.69) is 14.8 Å². The molecule has 3 fully saturated rings. The second-order valence-corrected chi connectivity index (χ2v) is 8.20. The summed E-state index contributed by atoms with van der Waals surface area (Å²) in [6, 6.07) is 3.94. The van der Waals surface area contributed by atoms with Crippen molar-refractivity contribution in [2.75, 3.05) is 13.1 Å². The van der Waals surface area contributed by atoms with Gasteiger partial charge in [-0.15, -0.1) is 0 Å². The van der Waals surface area contributed by atoms with Crippen LogP contribution in [0, 0.1) is 0 Å². The van der Waals surface area contributed by atoms with Crippen LogP contribution in [0.5, 0.6) is 0 Å². The second kappa shape index (κ2) is 6.65. The maximum atomic E-state index is 12.6. The Morgan fingerprint density at radius 3 is 2.54 bits per heavy atom. The number of carbonyl (C=O) groups excluding carboxylic acids is 1. The number of piperidine rings is 1. The average molecular weight is 357 g/mol. The van der Waals surface area contributed by atoms with Crippen LogP contribution in [-0.2, 0) is 16.1 Å². The molecule has 1 spiro atoms. The van der Waals surface area contributed by atoms with E-state index in [1.807, 2.05) is 18.3 Å². The van der Waals surface area contributed by atoms with Crippen molar-refractivity contribution < 1.29 is 14.7 Å². The van der Waals surface area contributed by atoms with E-state index in [4.69, 9.17) is 0 Å². The van der Waals surface area contributed by atoms with Crippen LogP contribution in [-0.4, -0.2) is 55.9 Å². The van der Waals surface area contributed by atoms with Crippen LogP contribution in [0.15, 0.2) is 24.5 Å². The highest BCUT2D eigenvalue weighted by Crippen LogP contribution is 2.46. The summed E-state index contributed by atoms with van der Waals surface area (Å²) in [5.74, 6) is -0.453. The van der Waals surface area contributed by atoms with E-state index in [1.54, 1.807) is 6.20 Å². The van der Waals surface area contributed by atoms with Crippen LogP contribution >= 0.6 is 0 Å². The summed E-state index contributed by atoms with van der Waals surface area (Å²) in [7, 11) is 0. The maximum absolute atomic E-state index is 12.6. The van der Waals surface area contributed by atoms with E-state index in [1.165, 1.54) is 0 Å². The van der Waals surface area contributed by atoms with Crippen molar-refractivity contribution >= 4 is 11.9 Å². The number of amides is 1. The van der Waals surface area contributed by atoms with Crippen molar-refractivity contribution in [2.24, 2.45) is 0 Å². The zero-order valence-electron chi connectivity index (χ0n) is 15.2. The molecule has 1 aliphatic carbocycles. The van der Waals surface area contributed by atoms with Gasteiger partial charge in [0.25, 0.3) is 0 Å². The molecule has 0 bridgehead atoms. The molecular formula is C20H27N3O3. The molecule has 1 saturated carbocycles. The number of carboxylic acid groups (broad SMARTS) is 1. The average Bonchev–Trinajstić information content (AvgIpc) is 2.89. The van der Waals surface area contributed by atoms with E-state index in [-0.39, 0.29) is 23.4 Å². The Morgan fingerprint density at radius 2 is 1.96 bits per heavy atom. The van der Waals surface area contributed by atoms with Gasteiger partial charge in [-0.2, -0.15) is 0 Å². The topological polar surface area (TPSA) is 73.7 Å². The first-order valence-electron chi connectivity index (χ1n) is 9.69. The van der Waals surface area contributed by atoms with Gasteiger partial charge in [0.1, 0.15) is 0 Å². The van der Waals surface area contributed by atoms with Crippen LogP contribution in [0.2, 0.25) is 0 Å². The van der Waals surface area contributed by atoms with Gasteiger partial charge in [-0.05, 0) is 50.2 Å². The first kappa shape index (κ1) is 17.5. The third-order valence-electron chi connectivity index (χ3n) is 6.87. The molecule has 3 aliphatic rings. The Balaban J connectivity index is 1.46. The second-order valence-electron chi connectivity index (χ2n) is 8.20. The Hall–Kier alpha value is -1.95. The van der Waals surface area contributed by atoms with Gasteiger partial charge in [0.05, 0.1) is 6.42 Å². The summed E-state index contributed by atoms with van der Waals surface area (Å²) in [4.78, 5) is 32.5. The normalized spacial score (nSPS) is 24.6. The number of aromatic nitrogens is 1. The van der Waals surface area contributed by atoms with E-state index in [9.17, 15) is 14.7 Å². The number of hydrogen-bond donors (Lipinski definition) is 1. The molecule has 3 heterocycles. The summed E-state index contributed by atoms with van der Waals surface area (Å²) >= 11 is 0. The molecule has 1 aromatic heterocycles. The molecule has 6 nitrogen and oxygen atoms in total. The summed E-state index contributed by atoms with van der Waals surface area (Å²) in [6.07, 6.45) is 10.4. The van der Waals surface area contributed by atoms with Crippen LogP contribution < -0.4 is 0 Å². The lowest BCUT2D eigenvalue weighted by Crippen LogP contribution is -2.61. The smallest absolute Gasteiger partial charge is 0.305 e. The highest BCUT2D eigenvalue weighted by molar-refractivity contribution is 5.79. The molecule has 0 radical (unpaired) electrons. The standard InChI is InChI=1S/C20H27N3O3/c24-17-4-7-19(23(17)15-16-3-1-10-21-14-16)8-11-22(12-9-19)20(5-2-6-20)13-18(25)26/h1,3,10,14H,2,4-9,11-13,15H2,(H,25,26). The third kappa shape index (κ3) is 3.00. The summed E-state index contributed by atoms with van der Waals surface area (Å²) in [6.45, 7) is 2.42. The fraction of sp³-hybridized carbons (Fsp3) is 0.650. The van der Waals surface area contributed by atoms with Crippen LogP contribution in [0.25, 0.3) is 0 Å². The molecule has 2 saturated heterocycles. The van der Waals surface area contributed by atoms with E-state index < -0.39 is 5.97 Å². The number of carboxylic acids is 1. The molecule has 0 atom stereocenters. The molecule has 1 amide bonds. The minimum Gasteiger partial charge on any atom is -0.481 e. The van der Waals surface area contributed by atoms with E-state index in [0.717, 1.165) is 57.2 Å². The number of pyridine rings is 1. The van der Waals surface area contributed by atoms with Crippen LogP contribution in [0.3, 0.4) is 0 Å². The van der Waals surface area contributed by atoms with Crippen molar-refractivity contribution in [3.63, 3.8) is 0 Å². The monoisotopic (exact) mass is 357 g/mol. The number of aliphatic carboxylic acids is 1. The van der Waals surface area contributed by atoms with Crippen molar-refractivity contribution in [1.29, 1.82) is 0 Å². The number of likely N-dealkylation sites (tertiary alicyclic amines) is 2. The third-order valence-corrected chi connectivity index (χ3v) is 6.87. The first-order chi connectivity index (χ1) is 12.5. The zero-order chi connectivity index (χ0) is 18.2. The molecule has 0 unspecified atom stereocenters. The van der Waals surface area contributed by atoms with Crippen molar-refractivity contribution in [2.45, 2.75) is 69.0 Å². The molecule has 2 aliphatic heterocycles. The quantitative estimate of drug-likeness (QED) is 0.876. The van der Waals surface area contributed by atoms with Gasteiger partial charge in [-0.3, -0.25) is 19.5 Å². The van der Waals surface area contributed by atoms with Crippen molar-refractivity contribution in [1.82, 2.24) is 14.8 Å². The molecule has 140 valence electrons. The zero-order valence-corrected chi connectivity index (χ0v) is 15.2. The number of hydrogen-bond acceptors (Lipinski definition) is 4. The van der Waals surface area contributed by atoms with Gasteiger partial charge in [-0.1, -0.05) is 6.07 Å². The summed E-state index contributed by atoms with van der Waals surface area (Å²) in [5.41, 5.74) is 0.882. The lowest BCUT2D eigenvalue weighted by atomic mass is 9.71. The fourth-order valence-corrected chi connectivity index (χ4v) is 5.19. The van der Waals surface area contributed by atoms with Gasteiger partial charge in [0.15, 0.2) is 0 Å². The molecule has 0 aromatic carbocycles. The molecular weight excluding hydrogens is 330 g/mol. The van der Waals surface area contributed by atoms with Gasteiger partial charge in [0, 0.05) is 49.5 Å². The summed E-state index contributed by atoms with van der Waals surface area (Å²) < 4.78 is 0. The Bertz CT molecular complexity index is 679. The van der Waals surface area contributed by atoms with Crippen molar-refractivity contribution in [3.8, 4) is 0 Å². The Morgan fingerprint density at radius 1 is 1.19 bits per heavy atom. The Labute approximate surface area is 154 Å². The fourth-order valence-electron chi connectivity index (χ4n) is 5.19. The van der Waals surface area contributed by atoms with Gasteiger partial charge in [-0.25, -0.2) is 0 Å². The van der Waals surface area contributed by atoms with Crippen molar-refractivity contribution in [3.05, 3.63) is 30.1 Å².